The van der Waals surface area contributed by atoms with Crippen LogP contribution in [-0.2, 0) is 0 Å². The molecule has 0 aliphatic rings. The highest BCUT2D eigenvalue weighted by molar-refractivity contribution is 9.11. The molecule has 6 heteroatoms. The Balaban J connectivity index is 2.60. The van der Waals surface area contributed by atoms with E-state index in [2.05, 4.69) is 51.8 Å². The van der Waals surface area contributed by atoms with Crippen molar-refractivity contribution in [2.45, 2.75) is 27.7 Å². The Kier molecular flexibility index (Phi) is 3.25. The van der Waals surface area contributed by atoms with Gasteiger partial charge >= 0.3 is 0 Å². The predicted octanol–water partition coefficient (Wildman–Crippen LogP) is 4.33. The van der Waals surface area contributed by atoms with Crippen molar-refractivity contribution >= 4 is 53.9 Å². The van der Waals surface area contributed by atoms with Crippen molar-refractivity contribution in [2.75, 3.05) is 0 Å². The molecule has 0 saturated heterocycles. The number of rotatable bonds is 0. The Hall–Kier alpha value is -1.14. The van der Waals surface area contributed by atoms with E-state index in [4.69, 9.17) is 0 Å². The fraction of sp³-hybridized carbons (Fsp3) is 0.286. The lowest BCUT2D eigenvalue weighted by atomic mass is 10.2. The number of fused-ring (bicyclic) bond motifs is 2. The summed E-state index contributed by atoms with van der Waals surface area (Å²) >= 11 is 7.22. The molecule has 0 aliphatic carbocycles. The molecule has 3 aromatic rings. The first-order valence-electron chi connectivity index (χ1n) is 6.17. The number of halogens is 2. The van der Waals surface area contributed by atoms with Crippen molar-refractivity contribution in [1.29, 1.82) is 0 Å². The predicted molar refractivity (Wildman–Crippen MR) is 87.0 cm³/mol. The second-order valence-corrected chi connectivity index (χ2v) is 6.40. The third-order valence-corrected chi connectivity index (χ3v) is 4.95. The first-order valence-corrected chi connectivity index (χ1v) is 7.75. The van der Waals surface area contributed by atoms with Crippen LogP contribution in [0.4, 0.5) is 0 Å². The van der Waals surface area contributed by atoms with Crippen LogP contribution < -0.4 is 0 Å². The van der Waals surface area contributed by atoms with Crippen LogP contribution in [0.2, 0.25) is 0 Å². The second-order valence-electron chi connectivity index (χ2n) is 4.81. The zero-order chi connectivity index (χ0) is 14.6. The Labute approximate surface area is 133 Å². The van der Waals surface area contributed by atoms with E-state index in [1.807, 2.05) is 27.7 Å². The van der Waals surface area contributed by atoms with E-state index >= 15 is 0 Å². The van der Waals surface area contributed by atoms with Gasteiger partial charge in [-0.15, -0.1) is 0 Å². The van der Waals surface area contributed by atoms with Crippen molar-refractivity contribution in [2.24, 2.45) is 0 Å². The number of benzene rings is 1. The van der Waals surface area contributed by atoms with Gasteiger partial charge in [-0.05, 0) is 59.6 Å². The molecule has 0 bridgehead atoms. The number of nitrogens with zero attached hydrogens (tertiary/aromatic N) is 4. The lowest BCUT2D eigenvalue weighted by molar-refractivity contribution is 1.08. The highest BCUT2D eigenvalue weighted by Crippen LogP contribution is 2.36. The third-order valence-electron chi connectivity index (χ3n) is 3.45. The van der Waals surface area contributed by atoms with Gasteiger partial charge < -0.3 is 0 Å². The quantitative estimate of drug-likeness (QED) is 0.531. The minimum absolute atomic E-state index is 0.810. The fourth-order valence-corrected chi connectivity index (χ4v) is 3.15. The summed E-state index contributed by atoms with van der Waals surface area (Å²) in [7, 11) is 0. The van der Waals surface area contributed by atoms with Gasteiger partial charge in [-0.1, -0.05) is 0 Å². The summed E-state index contributed by atoms with van der Waals surface area (Å²) in [4.78, 5) is 18.5. The van der Waals surface area contributed by atoms with Crippen LogP contribution in [0.25, 0.3) is 22.1 Å². The summed E-state index contributed by atoms with van der Waals surface area (Å²) in [5.74, 6) is 0. The molecule has 20 heavy (non-hydrogen) atoms. The Bertz CT molecular complexity index is 734. The van der Waals surface area contributed by atoms with Gasteiger partial charge in [0.2, 0.25) is 0 Å². The van der Waals surface area contributed by atoms with Crippen LogP contribution >= 0.6 is 31.9 Å². The van der Waals surface area contributed by atoms with Crippen LogP contribution in [0.15, 0.2) is 8.95 Å². The Morgan fingerprint density at radius 2 is 0.700 bits per heavy atom. The van der Waals surface area contributed by atoms with Crippen molar-refractivity contribution in [1.82, 2.24) is 19.9 Å². The maximum Gasteiger partial charge on any atom is 0.107 e. The highest BCUT2D eigenvalue weighted by atomic mass is 79.9. The average Bonchev–Trinajstić information content (AvgIpc) is 2.41. The van der Waals surface area contributed by atoms with Crippen molar-refractivity contribution < 1.29 is 0 Å². The highest BCUT2D eigenvalue weighted by Gasteiger charge is 2.17. The van der Waals surface area contributed by atoms with Crippen LogP contribution in [-0.4, -0.2) is 19.9 Å². The summed E-state index contributed by atoms with van der Waals surface area (Å²) in [5.41, 5.74) is 6.91. The maximum absolute atomic E-state index is 4.63. The number of aromatic nitrogens is 4. The molecule has 4 nitrogen and oxygen atoms in total. The normalized spacial score (nSPS) is 11.5. The van der Waals surface area contributed by atoms with Gasteiger partial charge in [0.1, 0.15) is 22.1 Å². The molecule has 0 unspecified atom stereocenters. The SMILES string of the molecule is Cc1nc2c(Br)c3nc(C)c(C)nc3c(Br)c2nc1C. The molecule has 0 atom stereocenters. The van der Waals surface area contributed by atoms with Crippen LogP contribution in [0.5, 0.6) is 0 Å². The molecule has 0 N–H and O–H groups in total. The molecule has 3 rings (SSSR count). The number of hydrogen-bond donors (Lipinski definition) is 0. The zero-order valence-corrected chi connectivity index (χ0v) is 14.7. The molecule has 0 spiro atoms. The molecule has 0 radical (unpaired) electrons. The van der Waals surface area contributed by atoms with E-state index in [1.165, 1.54) is 0 Å². The summed E-state index contributed by atoms with van der Waals surface area (Å²) in [6, 6.07) is 0. The van der Waals surface area contributed by atoms with Crippen molar-refractivity contribution in [3.05, 3.63) is 31.7 Å². The van der Waals surface area contributed by atoms with Crippen LogP contribution in [0.1, 0.15) is 22.8 Å². The standard InChI is InChI=1S/C14H12Br2N4/c1-5-6(2)18-12-10(16)14-13(9(15)11(12)17-5)19-7(3)8(4)20-14/h1-4H3. The van der Waals surface area contributed by atoms with E-state index < -0.39 is 0 Å². The molecule has 2 heterocycles. The lowest BCUT2D eigenvalue weighted by Crippen LogP contribution is -2.00. The van der Waals surface area contributed by atoms with Gasteiger partial charge in [0.15, 0.2) is 0 Å². The molecule has 102 valence electrons. The zero-order valence-electron chi connectivity index (χ0n) is 11.5. The largest absolute Gasteiger partial charge is 0.248 e. The number of hydrogen-bond acceptors (Lipinski definition) is 4. The first kappa shape index (κ1) is 13.8. The summed E-state index contributed by atoms with van der Waals surface area (Å²) in [5, 5.41) is 0. The van der Waals surface area contributed by atoms with Gasteiger partial charge in [-0.25, -0.2) is 19.9 Å². The maximum atomic E-state index is 4.63. The topological polar surface area (TPSA) is 51.6 Å². The molecular weight excluding hydrogens is 384 g/mol. The van der Waals surface area contributed by atoms with E-state index in [1.54, 1.807) is 0 Å². The molecule has 0 amide bonds. The minimum Gasteiger partial charge on any atom is -0.248 e. The van der Waals surface area contributed by atoms with Crippen LogP contribution in [0, 0.1) is 27.7 Å². The summed E-state index contributed by atoms with van der Waals surface area (Å²) in [6.07, 6.45) is 0. The third kappa shape index (κ3) is 1.93. The fourth-order valence-electron chi connectivity index (χ4n) is 2.04. The van der Waals surface area contributed by atoms with Gasteiger partial charge in [0.05, 0.1) is 31.7 Å². The van der Waals surface area contributed by atoms with Gasteiger partial charge in [0.25, 0.3) is 0 Å². The lowest BCUT2D eigenvalue weighted by Gasteiger charge is -2.11. The second kappa shape index (κ2) is 4.70. The molecular formula is C14H12Br2N4. The molecule has 0 aliphatic heterocycles. The Morgan fingerprint density at radius 3 is 0.900 bits per heavy atom. The monoisotopic (exact) mass is 394 g/mol. The van der Waals surface area contributed by atoms with Gasteiger partial charge in [-0.3, -0.25) is 0 Å². The minimum atomic E-state index is 0.810. The first-order chi connectivity index (χ1) is 9.40. The van der Waals surface area contributed by atoms with Gasteiger partial charge in [0, 0.05) is 0 Å². The van der Waals surface area contributed by atoms with Crippen molar-refractivity contribution in [3.63, 3.8) is 0 Å². The summed E-state index contributed by atoms with van der Waals surface area (Å²) in [6.45, 7) is 7.83. The molecule has 0 saturated carbocycles. The number of aryl methyl sites for hydroxylation is 4. The van der Waals surface area contributed by atoms with E-state index in [9.17, 15) is 0 Å². The average molecular weight is 396 g/mol. The summed E-state index contributed by atoms with van der Waals surface area (Å²) < 4.78 is 1.69. The van der Waals surface area contributed by atoms with Crippen molar-refractivity contribution in [3.8, 4) is 0 Å². The Morgan fingerprint density at radius 1 is 0.500 bits per heavy atom. The molecule has 2 aromatic heterocycles. The van der Waals surface area contributed by atoms with E-state index in [-0.39, 0.29) is 0 Å². The molecule has 0 fully saturated rings. The smallest absolute Gasteiger partial charge is 0.107 e. The van der Waals surface area contributed by atoms with Gasteiger partial charge in [-0.2, -0.15) is 0 Å². The van der Waals surface area contributed by atoms with E-state index in [0.717, 1.165) is 53.8 Å². The van der Waals surface area contributed by atoms with E-state index in [0.29, 0.717) is 0 Å². The van der Waals surface area contributed by atoms with Crippen LogP contribution in [0.3, 0.4) is 0 Å². The molecule has 1 aromatic carbocycles.